The van der Waals surface area contributed by atoms with E-state index in [1.807, 2.05) is 43.3 Å². The van der Waals surface area contributed by atoms with E-state index in [1.165, 1.54) is 0 Å². The lowest BCUT2D eigenvalue weighted by molar-refractivity contribution is -0.871. The highest BCUT2D eigenvalue weighted by Crippen LogP contribution is 2.29. The third kappa shape index (κ3) is 5.81. The van der Waals surface area contributed by atoms with E-state index >= 15 is 0 Å². The fourth-order valence-corrected chi connectivity index (χ4v) is 1.99. The maximum atomic E-state index is 10.9. The van der Waals surface area contributed by atoms with Gasteiger partial charge in [-0.1, -0.05) is 24.3 Å². The van der Waals surface area contributed by atoms with Crippen molar-refractivity contribution >= 4 is 0 Å². The molecule has 1 N–H and O–H groups in total. The van der Waals surface area contributed by atoms with Crippen molar-refractivity contribution in [3.8, 4) is 5.75 Å². The summed E-state index contributed by atoms with van der Waals surface area (Å²) in [6.45, 7) is 2.83. The minimum Gasteiger partial charge on any atom is -1.00 e. The summed E-state index contributed by atoms with van der Waals surface area (Å²) in [7, 11) is 8.03. The molecule has 0 aliphatic carbocycles. The quantitative estimate of drug-likeness (QED) is 0.405. The molecule has 0 saturated heterocycles. The second-order valence-corrected chi connectivity index (χ2v) is 5.92. The summed E-state index contributed by atoms with van der Waals surface area (Å²) < 4.78 is 5.98. The van der Waals surface area contributed by atoms with Gasteiger partial charge in [0.05, 0.1) is 34.8 Å². The minimum absolute atomic E-state index is 0. The number of aliphatic hydroxyl groups is 1. The molecule has 20 heavy (non-hydrogen) atoms. The molecule has 0 aromatic heterocycles. The molecule has 0 radical (unpaired) electrons. The Morgan fingerprint density at radius 2 is 1.75 bits per heavy atom. The first-order chi connectivity index (χ1) is 8.80. The molecule has 0 fully saturated rings. The summed E-state index contributed by atoms with van der Waals surface area (Å²) in [5, 5.41) is 10.9. The molecule has 0 aliphatic heterocycles. The van der Waals surface area contributed by atoms with Gasteiger partial charge in [-0.2, -0.15) is 0 Å². The van der Waals surface area contributed by atoms with E-state index in [2.05, 4.69) is 21.1 Å². The van der Waals surface area contributed by atoms with Crippen LogP contribution in [0.4, 0.5) is 0 Å². The molecule has 0 saturated carbocycles. The summed E-state index contributed by atoms with van der Waals surface area (Å²) >= 11 is 0. The lowest BCUT2D eigenvalue weighted by Crippen LogP contribution is -3.00. The fourth-order valence-electron chi connectivity index (χ4n) is 1.99. The zero-order valence-electron chi connectivity index (χ0n) is 13.1. The average molecular weight is 391 g/mol. The number of halogens is 1. The SMILES string of the molecule is C/C=C/C(O)(CC[N+](C)(C)C)c1ccc(OC)cc1.[I-]. The summed E-state index contributed by atoms with van der Waals surface area (Å²) in [4.78, 5) is 0. The topological polar surface area (TPSA) is 29.5 Å². The van der Waals surface area contributed by atoms with Gasteiger partial charge in [0, 0.05) is 6.42 Å². The third-order valence-electron chi connectivity index (χ3n) is 3.20. The molecular weight excluding hydrogens is 365 g/mol. The molecule has 1 atom stereocenters. The van der Waals surface area contributed by atoms with E-state index in [0.29, 0.717) is 6.42 Å². The molecule has 0 spiro atoms. The van der Waals surface area contributed by atoms with Gasteiger partial charge < -0.3 is 38.3 Å². The smallest absolute Gasteiger partial charge is 0.118 e. The zero-order chi connectivity index (χ0) is 14.5. The van der Waals surface area contributed by atoms with E-state index < -0.39 is 5.60 Å². The molecule has 0 aliphatic rings. The van der Waals surface area contributed by atoms with Crippen molar-refractivity contribution in [3.05, 3.63) is 42.0 Å². The number of hydrogen-bond donors (Lipinski definition) is 1. The van der Waals surface area contributed by atoms with Crippen molar-refractivity contribution < 1.29 is 38.3 Å². The summed E-state index contributed by atoms with van der Waals surface area (Å²) in [5.74, 6) is 0.804. The number of nitrogens with zero attached hydrogens (tertiary/aromatic N) is 1. The van der Waals surface area contributed by atoms with E-state index in [9.17, 15) is 5.11 Å². The number of hydrogen-bond acceptors (Lipinski definition) is 2. The van der Waals surface area contributed by atoms with Crippen LogP contribution in [0.3, 0.4) is 0 Å². The number of benzene rings is 1. The van der Waals surface area contributed by atoms with Crippen LogP contribution in [0.25, 0.3) is 0 Å². The van der Waals surface area contributed by atoms with Crippen molar-refractivity contribution in [2.75, 3.05) is 34.8 Å². The van der Waals surface area contributed by atoms with Gasteiger partial charge >= 0.3 is 0 Å². The van der Waals surface area contributed by atoms with Crippen molar-refractivity contribution in [3.63, 3.8) is 0 Å². The Kier molecular flexibility index (Phi) is 7.76. The first-order valence-electron chi connectivity index (χ1n) is 6.62. The molecule has 0 amide bonds. The van der Waals surface area contributed by atoms with Gasteiger partial charge in [0.2, 0.25) is 0 Å². The molecule has 0 bridgehead atoms. The first kappa shape index (κ1) is 19.4. The van der Waals surface area contributed by atoms with Crippen molar-refractivity contribution in [1.29, 1.82) is 0 Å². The molecule has 4 heteroatoms. The molecular formula is C16H26INO2. The molecule has 3 nitrogen and oxygen atoms in total. The lowest BCUT2D eigenvalue weighted by Gasteiger charge is -2.31. The normalized spacial score (nSPS) is 14.7. The Morgan fingerprint density at radius 1 is 1.20 bits per heavy atom. The number of quaternary nitrogens is 1. The van der Waals surface area contributed by atoms with Crippen LogP contribution in [0.2, 0.25) is 0 Å². The van der Waals surface area contributed by atoms with Gasteiger partial charge in [0.25, 0.3) is 0 Å². The Bertz CT molecular complexity index is 423. The molecule has 114 valence electrons. The van der Waals surface area contributed by atoms with Gasteiger partial charge in [0.15, 0.2) is 0 Å². The monoisotopic (exact) mass is 391 g/mol. The Balaban J connectivity index is 0.00000361. The van der Waals surface area contributed by atoms with Crippen LogP contribution >= 0.6 is 0 Å². The summed E-state index contributed by atoms with van der Waals surface area (Å²) in [5.41, 5.74) is -0.00753. The van der Waals surface area contributed by atoms with Gasteiger partial charge in [0.1, 0.15) is 11.4 Å². The van der Waals surface area contributed by atoms with Crippen LogP contribution in [0.15, 0.2) is 36.4 Å². The number of rotatable bonds is 6. The first-order valence-corrected chi connectivity index (χ1v) is 6.62. The molecule has 1 rings (SSSR count). The van der Waals surface area contributed by atoms with Gasteiger partial charge in [-0.25, -0.2) is 0 Å². The highest BCUT2D eigenvalue weighted by atomic mass is 127. The number of methoxy groups -OCH3 is 1. The summed E-state index contributed by atoms with van der Waals surface area (Å²) in [6.07, 6.45) is 4.46. The van der Waals surface area contributed by atoms with E-state index in [4.69, 9.17) is 4.74 Å². The Labute approximate surface area is 139 Å². The second kappa shape index (κ2) is 8.00. The summed E-state index contributed by atoms with van der Waals surface area (Å²) in [6, 6.07) is 7.62. The molecule has 1 unspecified atom stereocenters. The Morgan fingerprint density at radius 3 is 2.15 bits per heavy atom. The van der Waals surface area contributed by atoms with Gasteiger partial charge in [-0.15, -0.1) is 0 Å². The predicted octanol–water partition coefficient (Wildman–Crippen LogP) is -0.441. The third-order valence-corrected chi connectivity index (χ3v) is 3.20. The number of ether oxygens (including phenoxy) is 1. The molecule has 0 heterocycles. The van der Waals surface area contributed by atoms with Gasteiger partial charge in [-0.05, 0) is 24.6 Å². The maximum absolute atomic E-state index is 10.9. The van der Waals surface area contributed by atoms with Crippen LogP contribution in [-0.4, -0.2) is 44.4 Å². The predicted molar refractivity (Wildman–Crippen MR) is 79.2 cm³/mol. The fraction of sp³-hybridized carbons (Fsp3) is 0.500. The highest BCUT2D eigenvalue weighted by Gasteiger charge is 2.28. The zero-order valence-corrected chi connectivity index (χ0v) is 15.2. The van der Waals surface area contributed by atoms with Crippen LogP contribution in [-0.2, 0) is 5.60 Å². The largest absolute Gasteiger partial charge is 1.00 e. The van der Waals surface area contributed by atoms with Gasteiger partial charge in [-0.3, -0.25) is 0 Å². The molecule has 1 aromatic carbocycles. The highest BCUT2D eigenvalue weighted by molar-refractivity contribution is 5.33. The number of allylic oxidation sites excluding steroid dienone is 1. The van der Waals surface area contributed by atoms with Crippen molar-refractivity contribution in [2.45, 2.75) is 18.9 Å². The van der Waals surface area contributed by atoms with E-state index in [0.717, 1.165) is 22.3 Å². The van der Waals surface area contributed by atoms with Crippen LogP contribution in [0.1, 0.15) is 18.9 Å². The maximum Gasteiger partial charge on any atom is 0.118 e. The molecule has 1 aromatic rings. The lowest BCUT2D eigenvalue weighted by atomic mass is 9.89. The Hall–Kier alpha value is -0.590. The minimum atomic E-state index is -0.910. The standard InChI is InChI=1S/C16H26NO2.HI/c1-6-11-16(18,12-13-17(2,3)4)14-7-9-15(19-5)10-8-14;/h6-11,18H,12-13H2,1-5H3;1H/q+1;/p-1/b11-6+;. The van der Waals surface area contributed by atoms with E-state index in [-0.39, 0.29) is 24.0 Å². The van der Waals surface area contributed by atoms with Crippen LogP contribution in [0, 0.1) is 0 Å². The second-order valence-electron chi connectivity index (χ2n) is 5.92. The van der Waals surface area contributed by atoms with E-state index in [1.54, 1.807) is 7.11 Å². The van der Waals surface area contributed by atoms with Crippen molar-refractivity contribution in [1.82, 2.24) is 0 Å². The van der Waals surface area contributed by atoms with Crippen molar-refractivity contribution in [2.24, 2.45) is 0 Å². The van der Waals surface area contributed by atoms with Crippen LogP contribution < -0.4 is 28.7 Å². The average Bonchev–Trinajstić information content (AvgIpc) is 2.36. The van der Waals surface area contributed by atoms with Crippen LogP contribution in [0.5, 0.6) is 5.75 Å².